The largest absolute Gasteiger partial charge is 0.380 e. The van der Waals surface area contributed by atoms with Crippen molar-refractivity contribution in [3.63, 3.8) is 0 Å². The molecule has 0 rings (SSSR count). The summed E-state index contributed by atoms with van der Waals surface area (Å²) in [6, 6.07) is 0. The summed E-state index contributed by atoms with van der Waals surface area (Å²) in [5.74, 6) is -0.0100. The van der Waals surface area contributed by atoms with Crippen molar-refractivity contribution in [1.82, 2.24) is 10.2 Å². The van der Waals surface area contributed by atoms with E-state index in [2.05, 4.69) is 5.32 Å². The Labute approximate surface area is 85.6 Å². The first-order valence-electron chi connectivity index (χ1n) is 4.74. The first-order chi connectivity index (χ1) is 6.60. The summed E-state index contributed by atoms with van der Waals surface area (Å²) in [5, 5.41) is 2.80. The van der Waals surface area contributed by atoms with Crippen LogP contribution in [0.1, 0.15) is 6.42 Å². The van der Waals surface area contributed by atoms with Crippen LogP contribution in [0.25, 0.3) is 0 Å². The molecule has 0 fully saturated rings. The predicted octanol–water partition coefficient (Wildman–Crippen LogP) is -0.972. The van der Waals surface area contributed by atoms with E-state index >= 15 is 0 Å². The molecule has 0 saturated carbocycles. The summed E-state index contributed by atoms with van der Waals surface area (Å²) >= 11 is 0. The fraction of sp³-hybridized carbons (Fsp3) is 0.889. The van der Waals surface area contributed by atoms with Gasteiger partial charge in [-0.15, -0.1) is 0 Å². The van der Waals surface area contributed by atoms with Gasteiger partial charge in [-0.1, -0.05) is 0 Å². The van der Waals surface area contributed by atoms with Gasteiger partial charge in [-0.05, 0) is 14.1 Å². The number of nitrogens with two attached hydrogens (primary N) is 1. The van der Waals surface area contributed by atoms with Gasteiger partial charge in [-0.3, -0.25) is 4.79 Å². The molecule has 0 radical (unpaired) electrons. The summed E-state index contributed by atoms with van der Waals surface area (Å²) in [7, 11) is 5.48. The third kappa shape index (κ3) is 6.82. The fourth-order valence-electron chi connectivity index (χ4n) is 0.961. The van der Waals surface area contributed by atoms with Crippen LogP contribution in [0.3, 0.4) is 0 Å². The Kier molecular flexibility index (Phi) is 7.37. The lowest BCUT2D eigenvalue weighted by Gasteiger charge is -2.14. The van der Waals surface area contributed by atoms with Crippen LogP contribution in [0, 0.1) is 0 Å². The molecule has 14 heavy (non-hydrogen) atoms. The van der Waals surface area contributed by atoms with Crippen molar-refractivity contribution in [2.45, 2.75) is 12.5 Å². The monoisotopic (exact) mass is 203 g/mol. The summed E-state index contributed by atoms with van der Waals surface area (Å²) in [6.45, 7) is 1.87. The first-order valence-corrected chi connectivity index (χ1v) is 4.74. The summed E-state index contributed by atoms with van der Waals surface area (Å²) in [4.78, 5) is 13.3. The molecule has 0 aromatic carbocycles. The smallest absolute Gasteiger partial charge is 0.222 e. The second-order valence-corrected chi connectivity index (χ2v) is 3.45. The van der Waals surface area contributed by atoms with Crippen LogP contribution >= 0.6 is 0 Å². The molecule has 0 aromatic rings. The molecular weight excluding hydrogens is 182 g/mol. The van der Waals surface area contributed by atoms with Gasteiger partial charge in [-0.25, -0.2) is 0 Å². The highest BCUT2D eigenvalue weighted by Gasteiger charge is 2.10. The number of rotatable bonds is 7. The summed E-state index contributed by atoms with van der Waals surface area (Å²) < 4.78 is 5.00. The molecule has 0 aromatic heterocycles. The van der Waals surface area contributed by atoms with E-state index in [-0.39, 0.29) is 12.0 Å². The zero-order chi connectivity index (χ0) is 11.0. The molecule has 0 bridgehead atoms. The van der Waals surface area contributed by atoms with Gasteiger partial charge in [0, 0.05) is 26.7 Å². The van der Waals surface area contributed by atoms with E-state index in [9.17, 15) is 4.79 Å². The van der Waals surface area contributed by atoms with E-state index in [1.807, 2.05) is 19.0 Å². The molecule has 0 aliphatic carbocycles. The van der Waals surface area contributed by atoms with E-state index in [1.165, 1.54) is 0 Å². The average molecular weight is 203 g/mol. The number of ether oxygens (including phenoxy) is 1. The van der Waals surface area contributed by atoms with Crippen molar-refractivity contribution in [3.8, 4) is 0 Å². The van der Waals surface area contributed by atoms with Gasteiger partial charge in [0.2, 0.25) is 5.91 Å². The van der Waals surface area contributed by atoms with Gasteiger partial charge in [-0.2, -0.15) is 0 Å². The van der Waals surface area contributed by atoms with Gasteiger partial charge in [0.25, 0.3) is 0 Å². The quantitative estimate of drug-likeness (QED) is 0.558. The fourth-order valence-corrected chi connectivity index (χ4v) is 0.961. The van der Waals surface area contributed by atoms with Gasteiger partial charge >= 0.3 is 0 Å². The maximum Gasteiger partial charge on any atom is 0.222 e. The Balaban J connectivity index is 3.54. The molecule has 0 saturated heterocycles. The Hall–Kier alpha value is -0.650. The highest BCUT2D eigenvalue weighted by atomic mass is 16.5. The van der Waals surface area contributed by atoms with Crippen molar-refractivity contribution in [2.24, 2.45) is 5.73 Å². The number of likely N-dealkylation sites (N-methyl/N-ethyl adjacent to an activating group) is 1. The maximum atomic E-state index is 11.3. The normalized spacial score (nSPS) is 12.9. The van der Waals surface area contributed by atoms with Crippen LogP contribution in [0.4, 0.5) is 0 Å². The minimum atomic E-state index is -0.172. The molecule has 1 unspecified atom stereocenters. The molecule has 0 spiro atoms. The number of amides is 1. The Morgan fingerprint density at radius 2 is 2.21 bits per heavy atom. The minimum Gasteiger partial charge on any atom is -0.380 e. The van der Waals surface area contributed by atoms with Crippen LogP contribution in [0.15, 0.2) is 0 Å². The highest BCUT2D eigenvalue weighted by molar-refractivity contribution is 5.76. The third-order valence-electron chi connectivity index (χ3n) is 1.89. The van der Waals surface area contributed by atoms with Crippen molar-refractivity contribution in [3.05, 3.63) is 0 Å². The van der Waals surface area contributed by atoms with Crippen LogP contribution in [0.5, 0.6) is 0 Å². The highest BCUT2D eigenvalue weighted by Crippen LogP contribution is 1.93. The minimum absolute atomic E-state index is 0.0100. The van der Waals surface area contributed by atoms with Crippen molar-refractivity contribution in [2.75, 3.05) is 40.8 Å². The summed E-state index contributed by atoms with van der Waals surface area (Å²) in [5.41, 5.74) is 5.40. The number of carbonyl (C=O) groups is 1. The van der Waals surface area contributed by atoms with Gasteiger partial charge < -0.3 is 20.7 Å². The van der Waals surface area contributed by atoms with Crippen molar-refractivity contribution in [1.29, 1.82) is 0 Å². The standard InChI is InChI=1S/C9H21N3O2/c1-12(2)5-4-11-9(13)6-8(7-10)14-3/h8H,4-7,10H2,1-3H3,(H,11,13). The molecular formula is C9H21N3O2. The third-order valence-corrected chi connectivity index (χ3v) is 1.89. The number of hydrogen-bond acceptors (Lipinski definition) is 4. The summed E-state index contributed by atoms with van der Waals surface area (Å²) in [6.07, 6.45) is 0.162. The van der Waals surface area contributed by atoms with E-state index in [1.54, 1.807) is 7.11 Å². The van der Waals surface area contributed by atoms with E-state index in [0.717, 1.165) is 6.54 Å². The van der Waals surface area contributed by atoms with E-state index in [0.29, 0.717) is 19.5 Å². The van der Waals surface area contributed by atoms with Crippen LogP contribution < -0.4 is 11.1 Å². The lowest BCUT2D eigenvalue weighted by Crippen LogP contribution is -2.35. The van der Waals surface area contributed by atoms with Gasteiger partial charge in [0.15, 0.2) is 0 Å². The number of carbonyl (C=O) groups excluding carboxylic acids is 1. The molecule has 1 amide bonds. The lowest BCUT2D eigenvalue weighted by atomic mass is 10.2. The predicted molar refractivity (Wildman–Crippen MR) is 56.0 cm³/mol. The Morgan fingerprint density at radius 3 is 2.64 bits per heavy atom. The zero-order valence-corrected chi connectivity index (χ0v) is 9.25. The molecule has 0 heterocycles. The number of nitrogens with zero attached hydrogens (tertiary/aromatic N) is 1. The molecule has 0 aliphatic heterocycles. The molecule has 5 heteroatoms. The van der Waals surface area contributed by atoms with Crippen LogP contribution in [-0.2, 0) is 9.53 Å². The average Bonchev–Trinajstić information content (AvgIpc) is 2.13. The van der Waals surface area contributed by atoms with E-state index < -0.39 is 0 Å². The second kappa shape index (κ2) is 7.73. The van der Waals surface area contributed by atoms with Gasteiger partial charge in [0.1, 0.15) is 0 Å². The topological polar surface area (TPSA) is 67.6 Å². The first kappa shape index (κ1) is 13.4. The van der Waals surface area contributed by atoms with Crippen molar-refractivity contribution >= 4 is 5.91 Å². The number of methoxy groups -OCH3 is 1. The SMILES string of the molecule is COC(CN)CC(=O)NCCN(C)C. The number of hydrogen-bond donors (Lipinski definition) is 2. The lowest BCUT2D eigenvalue weighted by molar-refractivity contribution is -0.123. The second-order valence-electron chi connectivity index (χ2n) is 3.45. The molecule has 3 N–H and O–H groups in total. The van der Waals surface area contributed by atoms with Crippen LogP contribution in [-0.4, -0.2) is 57.8 Å². The Bertz CT molecular complexity index is 158. The molecule has 84 valence electrons. The van der Waals surface area contributed by atoms with Crippen LogP contribution in [0.2, 0.25) is 0 Å². The van der Waals surface area contributed by atoms with Crippen molar-refractivity contribution < 1.29 is 9.53 Å². The number of nitrogens with one attached hydrogen (secondary N) is 1. The molecule has 1 atom stereocenters. The maximum absolute atomic E-state index is 11.3. The van der Waals surface area contributed by atoms with Gasteiger partial charge in [0.05, 0.1) is 12.5 Å². The molecule has 5 nitrogen and oxygen atoms in total. The zero-order valence-electron chi connectivity index (χ0n) is 9.25. The Morgan fingerprint density at radius 1 is 1.57 bits per heavy atom. The van der Waals surface area contributed by atoms with E-state index in [4.69, 9.17) is 10.5 Å². The molecule has 0 aliphatic rings.